The number of likely N-dealkylation sites (N-methyl/N-ethyl adjacent to an activating group) is 2. The molecule has 1 amide bonds. The van der Waals surface area contributed by atoms with Gasteiger partial charge in [-0.25, -0.2) is 4.98 Å². The predicted molar refractivity (Wildman–Crippen MR) is 83.0 cm³/mol. The topological polar surface area (TPSA) is 57.3 Å². The molecule has 0 spiro atoms. The molecule has 0 bridgehead atoms. The van der Waals surface area contributed by atoms with Crippen LogP contribution in [-0.2, 0) is 11.3 Å². The fourth-order valence-electron chi connectivity index (χ4n) is 1.72. The fraction of sp³-hybridized carbons (Fsp3) is 0.571. The van der Waals surface area contributed by atoms with Crippen LogP contribution in [0.2, 0.25) is 5.02 Å². The highest BCUT2D eigenvalue weighted by Crippen LogP contribution is 2.18. The van der Waals surface area contributed by atoms with Gasteiger partial charge < -0.3 is 10.6 Å². The van der Waals surface area contributed by atoms with Crippen LogP contribution in [0, 0.1) is 0 Å². The molecule has 5 nitrogen and oxygen atoms in total. The van der Waals surface area contributed by atoms with Crippen LogP contribution in [0.4, 0.5) is 5.82 Å². The number of carbonyl (C=O) groups is 1. The monoisotopic (exact) mass is 298 g/mol. The molecular formula is C14H23ClN4O. The van der Waals surface area contributed by atoms with Gasteiger partial charge in [0.2, 0.25) is 5.91 Å². The number of hydrogen-bond acceptors (Lipinski definition) is 4. The van der Waals surface area contributed by atoms with Gasteiger partial charge in [-0.15, -0.1) is 0 Å². The molecule has 0 saturated heterocycles. The number of hydrogen-bond donors (Lipinski definition) is 2. The molecule has 0 atom stereocenters. The van der Waals surface area contributed by atoms with E-state index in [0.717, 1.165) is 31.0 Å². The van der Waals surface area contributed by atoms with Crippen molar-refractivity contribution in [2.24, 2.45) is 0 Å². The maximum Gasteiger partial charge on any atom is 0.233 e. The Labute approximate surface area is 125 Å². The average Bonchev–Trinajstić information content (AvgIpc) is 2.46. The van der Waals surface area contributed by atoms with Crippen LogP contribution in [0.1, 0.15) is 26.0 Å². The molecule has 1 rings (SSSR count). The van der Waals surface area contributed by atoms with Gasteiger partial charge in [0, 0.05) is 20.1 Å². The zero-order valence-corrected chi connectivity index (χ0v) is 13.1. The van der Waals surface area contributed by atoms with Crippen LogP contribution < -0.4 is 10.6 Å². The molecule has 2 N–H and O–H groups in total. The SMILES string of the molecule is CCCNc1ccc(Cl)c(CN(CC)CC(=O)NC)n1. The summed E-state index contributed by atoms with van der Waals surface area (Å²) in [6, 6.07) is 3.71. The molecule has 112 valence electrons. The Morgan fingerprint density at radius 3 is 2.75 bits per heavy atom. The highest BCUT2D eigenvalue weighted by atomic mass is 35.5. The van der Waals surface area contributed by atoms with Crippen molar-refractivity contribution in [3.05, 3.63) is 22.8 Å². The van der Waals surface area contributed by atoms with E-state index in [-0.39, 0.29) is 5.91 Å². The molecule has 0 unspecified atom stereocenters. The van der Waals surface area contributed by atoms with E-state index in [1.165, 1.54) is 0 Å². The van der Waals surface area contributed by atoms with Crippen LogP contribution in [0.25, 0.3) is 0 Å². The first kappa shape index (κ1) is 16.7. The number of carbonyl (C=O) groups excluding carboxylic acids is 1. The maximum absolute atomic E-state index is 11.4. The number of pyridine rings is 1. The van der Waals surface area contributed by atoms with Gasteiger partial charge in [-0.05, 0) is 25.1 Å². The Morgan fingerprint density at radius 1 is 1.40 bits per heavy atom. The molecule has 0 aromatic carbocycles. The fourth-order valence-corrected chi connectivity index (χ4v) is 1.89. The molecule has 0 aliphatic rings. The molecule has 6 heteroatoms. The normalized spacial score (nSPS) is 10.7. The van der Waals surface area contributed by atoms with Gasteiger partial charge in [-0.2, -0.15) is 0 Å². The van der Waals surface area contributed by atoms with Crippen molar-refractivity contribution >= 4 is 23.3 Å². The zero-order chi connectivity index (χ0) is 15.0. The Bertz CT molecular complexity index is 439. The number of halogens is 1. The molecule has 0 aliphatic carbocycles. The Kier molecular flexibility index (Phi) is 7.33. The Balaban J connectivity index is 2.75. The molecular weight excluding hydrogens is 276 g/mol. The van der Waals surface area contributed by atoms with Gasteiger partial charge in [0.05, 0.1) is 17.3 Å². The van der Waals surface area contributed by atoms with Gasteiger partial charge in [0.15, 0.2) is 0 Å². The second-order valence-electron chi connectivity index (χ2n) is 4.53. The third kappa shape index (κ3) is 5.35. The predicted octanol–water partition coefficient (Wildman–Crippen LogP) is 2.12. The summed E-state index contributed by atoms with van der Waals surface area (Å²) in [4.78, 5) is 18.0. The molecule has 1 heterocycles. The summed E-state index contributed by atoms with van der Waals surface area (Å²) < 4.78 is 0. The number of rotatable bonds is 8. The first-order valence-corrected chi connectivity index (χ1v) is 7.30. The number of nitrogens with one attached hydrogen (secondary N) is 2. The van der Waals surface area contributed by atoms with E-state index < -0.39 is 0 Å². The van der Waals surface area contributed by atoms with Crippen molar-refractivity contribution in [3.63, 3.8) is 0 Å². The van der Waals surface area contributed by atoms with Crippen molar-refractivity contribution in [1.29, 1.82) is 0 Å². The van der Waals surface area contributed by atoms with Gasteiger partial charge >= 0.3 is 0 Å². The highest BCUT2D eigenvalue weighted by Gasteiger charge is 2.12. The minimum absolute atomic E-state index is 0.0109. The standard InChI is InChI=1S/C14H23ClN4O/c1-4-8-17-13-7-6-11(15)12(18-13)9-19(5-2)10-14(20)16-3/h6-7H,4-5,8-10H2,1-3H3,(H,16,20)(H,17,18). The van der Waals surface area contributed by atoms with Crippen LogP contribution in [-0.4, -0.2) is 42.5 Å². The quantitative estimate of drug-likeness (QED) is 0.772. The maximum atomic E-state index is 11.4. The molecule has 0 aliphatic heterocycles. The van der Waals surface area contributed by atoms with Crippen LogP contribution in [0.15, 0.2) is 12.1 Å². The third-order valence-corrected chi connectivity index (χ3v) is 3.29. The number of anilines is 1. The van der Waals surface area contributed by atoms with Gasteiger partial charge in [0.1, 0.15) is 5.82 Å². The lowest BCUT2D eigenvalue weighted by atomic mass is 10.3. The van der Waals surface area contributed by atoms with Crippen LogP contribution in [0.5, 0.6) is 0 Å². The second kappa shape index (κ2) is 8.76. The Hall–Kier alpha value is -1.33. The first-order chi connectivity index (χ1) is 9.60. The molecule has 0 saturated carbocycles. The molecule has 1 aromatic rings. The zero-order valence-electron chi connectivity index (χ0n) is 12.4. The van der Waals surface area contributed by atoms with E-state index in [0.29, 0.717) is 18.1 Å². The van der Waals surface area contributed by atoms with E-state index in [2.05, 4.69) is 22.5 Å². The van der Waals surface area contributed by atoms with Crippen molar-refractivity contribution in [2.45, 2.75) is 26.8 Å². The smallest absolute Gasteiger partial charge is 0.233 e. The first-order valence-electron chi connectivity index (χ1n) is 6.92. The average molecular weight is 299 g/mol. The van der Waals surface area contributed by atoms with Crippen molar-refractivity contribution in [2.75, 3.05) is 32.0 Å². The van der Waals surface area contributed by atoms with Gasteiger partial charge in [0.25, 0.3) is 0 Å². The van der Waals surface area contributed by atoms with Gasteiger partial charge in [-0.3, -0.25) is 9.69 Å². The van der Waals surface area contributed by atoms with E-state index in [4.69, 9.17) is 11.6 Å². The Morgan fingerprint density at radius 2 is 2.15 bits per heavy atom. The van der Waals surface area contributed by atoms with E-state index >= 15 is 0 Å². The third-order valence-electron chi connectivity index (χ3n) is 2.94. The number of nitrogens with zero attached hydrogens (tertiary/aromatic N) is 2. The molecule has 0 fully saturated rings. The van der Waals surface area contributed by atoms with E-state index in [1.807, 2.05) is 24.0 Å². The number of aromatic nitrogens is 1. The van der Waals surface area contributed by atoms with Crippen LogP contribution >= 0.6 is 11.6 Å². The summed E-state index contributed by atoms with van der Waals surface area (Å²) in [5, 5.41) is 6.49. The van der Waals surface area contributed by atoms with E-state index in [9.17, 15) is 4.79 Å². The molecule has 0 radical (unpaired) electrons. The van der Waals surface area contributed by atoms with Gasteiger partial charge in [-0.1, -0.05) is 25.4 Å². The van der Waals surface area contributed by atoms with Crippen LogP contribution in [0.3, 0.4) is 0 Å². The molecule has 20 heavy (non-hydrogen) atoms. The summed E-state index contributed by atoms with van der Waals surface area (Å²) in [5.41, 5.74) is 0.790. The largest absolute Gasteiger partial charge is 0.370 e. The lowest BCUT2D eigenvalue weighted by Gasteiger charge is -2.20. The summed E-state index contributed by atoms with van der Waals surface area (Å²) in [5.74, 6) is 0.811. The second-order valence-corrected chi connectivity index (χ2v) is 4.94. The van der Waals surface area contributed by atoms with Crippen molar-refractivity contribution in [1.82, 2.24) is 15.2 Å². The lowest BCUT2D eigenvalue weighted by molar-refractivity contribution is -0.121. The lowest BCUT2D eigenvalue weighted by Crippen LogP contribution is -2.35. The summed E-state index contributed by atoms with van der Waals surface area (Å²) in [7, 11) is 1.64. The molecule has 1 aromatic heterocycles. The minimum Gasteiger partial charge on any atom is -0.370 e. The van der Waals surface area contributed by atoms with E-state index in [1.54, 1.807) is 7.05 Å². The summed E-state index contributed by atoms with van der Waals surface area (Å²) in [6.07, 6.45) is 1.04. The summed E-state index contributed by atoms with van der Waals surface area (Å²) >= 11 is 6.18. The van der Waals surface area contributed by atoms with Crippen molar-refractivity contribution in [3.8, 4) is 0 Å². The highest BCUT2D eigenvalue weighted by molar-refractivity contribution is 6.31. The minimum atomic E-state index is -0.0109. The summed E-state index contributed by atoms with van der Waals surface area (Å²) in [6.45, 7) is 6.66. The number of amides is 1. The van der Waals surface area contributed by atoms with Crippen molar-refractivity contribution < 1.29 is 4.79 Å².